The van der Waals surface area contributed by atoms with Gasteiger partial charge in [-0.25, -0.2) is 14.2 Å². The van der Waals surface area contributed by atoms with Crippen LogP contribution in [0.4, 0.5) is 9.18 Å². The van der Waals surface area contributed by atoms with Crippen molar-refractivity contribution in [3.8, 4) is 22.4 Å². The van der Waals surface area contributed by atoms with Crippen LogP contribution in [0.3, 0.4) is 0 Å². The first kappa shape index (κ1) is 32.5. The molecule has 3 aromatic heterocycles. The highest BCUT2D eigenvalue weighted by atomic mass is 32.1. The van der Waals surface area contributed by atoms with E-state index in [0.29, 0.717) is 55.8 Å². The SMILES string of the molecule is Cn1nc2c(=O)n(CC3(O)CCN(Cc4ccc(-c5ccsc5)cc4F)CC3)cnc2c1-c1ccc(CNC(=O)OC(C)(C)C)cc1. The average molecular weight is 659 g/mol. The number of nitrogens with zero attached hydrogens (tertiary/aromatic N) is 5. The molecule has 246 valence electrons. The van der Waals surface area contributed by atoms with Gasteiger partial charge in [0.2, 0.25) is 0 Å². The molecule has 47 heavy (non-hydrogen) atoms. The Hall–Kier alpha value is -4.39. The minimum Gasteiger partial charge on any atom is -0.444 e. The number of likely N-dealkylation sites (tertiary alicyclic amines) is 1. The lowest BCUT2D eigenvalue weighted by Crippen LogP contribution is -2.47. The monoisotopic (exact) mass is 658 g/mol. The third-order valence-electron chi connectivity index (χ3n) is 8.43. The van der Waals surface area contributed by atoms with Crippen molar-refractivity contribution in [1.29, 1.82) is 0 Å². The molecule has 1 saturated heterocycles. The highest BCUT2D eigenvalue weighted by Crippen LogP contribution is 2.29. The molecule has 0 bridgehead atoms. The molecule has 6 rings (SSSR count). The van der Waals surface area contributed by atoms with Crippen molar-refractivity contribution in [3.05, 3.63) is 92.9 Å². The number of halogens is 1. The second kappa shape index (κ2) is 13.0. The summed E-state index contributed by atoms with van der Waals surface area (Å²) in [5, 5.41) is 22.7. The lowest BCUT2D eigenvalue weighted by molar-refractivity contribution is -0.0366. The van der Waals surface area contributed by atoms with E-state index < -0.39 is 17.3 Å². The van der Waals surface area contributed by atoms with Crippen molar-refractivity contribution in [2.24, 2.45) is 7.05 Å². The van der Waals surface area contributed by atoms with Crippen LogP contribution in [0.5, 0.6) is 0 Å². The summed E-state index contributed by atoms with van der Waals surface area (Å²) in [6.07, 6.45) is 1.87. The van der Waals surface area contributed by atoms with Crippen molar-refractivity contribution >= 4 is 28.5 Å². The smallest absolute Gasteiger partial charge is 0.407 e. The van der Waals surface area contributed by atoms with Crippen molar-refractivity contribution in [3.63, 3.8) is 0 Å². The number of alkyl carbamates (subject to hydrolysis) is 1. The number of aromatic nitrogens is 4. The summed E-state index contributed by atoms with van der Waals surface area (Å²) in [6.45, 7) is 7.44. The highest BCUT2D eigenvalue weighted by molar-refractivity contribution is 7.08. The first-order chi connectivity index (χ1) is 22.4. The first-order valence-corrected chi connectivity index (χ1v) is 16.6. The van der Waals surface area contributed by atoms with Crippen molar-refractivity contribution in [2.75, 3.05) is 13.1 Å². The zero-order valence-corrected chi connectivity index (χ0v) is 27.8. The molecule has 1 aliphatic rings. The minimum absolute atomic E-state index is 0.0948. The van der Waals surface area contributed by atoms with Crippen molar-refractivity contribution in [2.45, 2.75) is 64.4 Å². The number of aryl methyl sites for hydroxylation is 1. The van der Waals surface area contributed by atoms with E-state index in [2.05, 4.69) is 20.3 Å². The van der Waals surface area contributed by atoms with Gasteiger partial charge in [0.1, 0.15) is 16.9 Å². The molecule has 0 aliphatic carbocycles. The van der Waals surface area contributed by atoms with Gasteiger partial charge in [-0.2, -0.15) is 16.4 Å². The van der Waals surface area contributed by atoms with E-state index in [0.717, 1.165) is 22.3 Å². The number of hydrogen-bond donors (Lipinski definition) is 2. The molecule has 5 aromatic rings. The van der Waals surface area contributed by atoms with Gasteiger partial charge >= 0.3 is 6.09 Å². The highest BCUT2D eigenvalue weighted by Gasteiger charge is 2.34. The number of carbonyl (C=O) groups excluding carboxylic acids is 1. The van der Waals surface area contributed by atoms with Gasteiger partial charge in [0.15, 0.2) is 5.52 Å². The Bertz CT molecular complexity index is 1940. The number of ether oxygens (including phenoxy) is 1. The molecule has 0 unspecified atom stereocenters. The van der Waals surface area contributed by atoms with Gasteiger partial charge in [0, 0.05) is 44.4 Å². The largest absolute Gasteiger partial charge is 0.444 e. The number of rotatable bonds is 8. The van der Waals surface area contributed by atoms with Gasteiger partial charge in [-0.15, -0.1) is 0 Å². The molecule has 1 fully saturated rings. The number of thiophene rings is 1. The molecule has 4 heterocycles. The summed E-state index contributed by atoms with van der Waals surface area (Å²) in [6, 6.07) is 14.9. The van der Waals surface area contributed by atoms with Crippen LogP contribution in [-0.4, -0.2) is 59.7 Å². The normalized spacial score (nSPS) is 15.2. The van der Waals surface area contributed by atoms with Gasteiger partial charge in [-0.05, 0) is 73.2 Å². The molecular formula is C35H39FN6O4S. The van der Waals surface area contributed by atoms with Crippen LogP contribution in [0.15, 0.2) is 70.4 Å². The molecule has 0 saturated carbocycles. The van der Waals surface area contributed by atoms with Gasteiger partial charge in [0.05, 0.1) is 24.2 Å². The predicted octanol–water partition coefficient (Wildman–Crippen LogP) is 5.72. The second-order valence-corrected chi connectivity index (χ2v) is 14.0. The zero-order valence-electron chi connectivity index (χ0n) is 27.0. The van der Waals surface area contributed by atoms with E-state index in [1.54, 1.807) is 29.1 Å². The summed E-state index contributed by atoms with van der Waals surface area (Å²) in [4.78, 5) is 32.3. The van der Waals surface area contributed by atoms with Crippen LogP contribution in [0.2, 0.25) is 0 Å². The van der Waals surface area contributed by atoms with Gasteiger partial charge in [0.25, 0.3) is 5.56 Å². The van der Waals surface area contributed by atoms with E-state index in [1.165, 1.54) is 10.9 Å². The van der Waals surface area contributed by atoms with Crippen LogP contribution in [0.25, 0.3) is 33.4 Å². The number of nitrogens with one attached hydrogen (secondary N) is 1. The lowest BCUT2D eigenvalue weighted by Gasteiger charge is -2.38. The Morgan fingerprint density at radius 3 is 2.45 bits per heavy atom. The third-order valence-corrected chi connectivity index (χ3v) is 9.11. The van der Waals surface area contributed by atoms with E-state index in [4.69, 9.17) is 4.74 Å². The van der Waals surface area contributed by atoms with E-state index in [1.807, 2.05) is 74.0 Å². The first-order valence-electron chi connectivity index (χ1n) is 15.6. The summed E-state index contributed by atoms with van der Waals surface area (Å²) in [5.74, 6) is -0.235. The standard InChI is InChI=1S/C35H39FN6O4S/c1-34(2,3)46-33(44)37-18-23-5-7-24(8-6-23)31-29-30(39-40(31)4)32(43)42(22-38-29)21-35(45)12-14-41(15-13-35)19-26-10-9-25(17-28(26)36)27-11-16-47-20-27/h5-11,16-17,20,22,45H,12-15,18-19,21H2,1-4H3,(H,37,44). The van der Waals surface area contributed by atoms with E-state index in [-0.39, 0.29) is 23.4 Å². The lowest BCUT2D eigenvalue weighted by atomic mass is 9.91. The van der Waals surface area contributed by atoms with E-state index in [9.17, 15) is 19.1 Å². The minimum atomic E-state index is -1.10. The summed E-state index contributed by atoms with van der Waals surface area (Å²) < 4.78 is 23.3. The molecule has 10 nitrogen and oxygen atoms in total. The molecular weight excluding hydrogens is 619 g/mol. The van der Waals surface area contributed by atoms with E-state index >= 15 is 0 Å². The topological polar surface area (TPSA) is 115 Å². The quantitative estimate of drug-likeness (QED) is 0.219. The molecule has 2 N–H and O–H groups in total. The summed E-state index contributed by atoms with van der Waals surface area (Å²) in [7, 11) is 1.76. The molecule has 2 aromatic carbocycles. The summed E-state index contributed by atoms with van der Waals surface area (Å²) >= 11 is 1.58. The van der Waals surface area contributed by atoms with Crippen LogP contribution in [0, 0.1) is 5.82 Å². The maximum absolute atomic E-state index is 14.9. The van der Waals surface area contributed by atoms with Crippen LogP contribution >= 0.6 is 11.3 Å². The van der Waals surface area contributed by atoms with Gasteiger partial charge in [-0.3, -0.25) is 18.9 Å². The molecule has 12 heteroatoms. The molecule has 0 atom stereocenters. The molecule has 0 spiro atoms. The fraction of sp³-hybridized carbons (Fsp3) is 0.371. The molecule has 1 amide bonds. The Labute approximate surface area is 276 Å². The number of aliphatic hydroxyl groups is 1. The van der Waals surface area contributed by atoms with Crippen LogP contribution in [0.1, 0.15) is 44.7 Å². The Balaban J connectivity index is 1.10. The van der Waals surface area contributed by atoms with Crippen molar-refractivity contribution < 1.29 is 19.0 Å². The number of carbonyl (C=O) groups is 1. The maximum Gasteiger partial charge on any atom is 0.407 e. The Morgan fingerprint density at radius 2 is 1.79 bits per heavy atom. The third kappa shape index (κ3) is 7.45. The zero-order chi connectivity index (χ0) is 33.3. The molecule has 0 radical (unpaired) electrons. The number of benzene rings is 2. The number of amides is 1. The Morgan fingerprint density at radius 1 is 1.06 bits per heavy atom. The maximum atomic E-state index is 14.9. The average Bonchev–Trinajstić information content (AvgIpc) is 3.68. The Kier molecular flexibility index (Phi) is 9.01. The number of fused-ring (bicyclic) bond motifs is 1. The fourth-order valence-electron chi connectivity index (χ4n) is 5.93. The summed E-state index contributed by atoms with van der Waals surface area (Å²) in [5.41, 5.74) is 3.60. The van der Waals surface area contributed by atoms with Crippen molar-refractivity contribution in [1.82, 2.24) is 29.5 Å². The van der Waals surface area contributed by atoms with Crippen LogP contribution in [-0.2, 0) is 31.4 Å². The number of piperidine rings is 1. The number of hydrogen-bond acceptors (Lipinski definition) is 8. The predicted molar refractivity (Wildman–Crippen MR) is 180 cm³/mol. The fourth-order valence-corrected chi connectivity index (χ4v) is 6.59. The van der Waals surface area contributed by atoms with Gasteiger partial charge in [-0.1, -0.05) is 36.4 Å². The second-order valence-electron chi connectivity index (χ2n) is 13.2. The van der Waals surface area contributed by atoms with Gasteiger partial charge < -0.3 is 15.2 Å². The molecule has 1 aliphatic heterocycles. The van der Waals surface area contributed by atoms with Crippen LogP contribution < -0.4 is 10.9 Å².